The maximum Gasteiger partial charge on any atom is 0.416 e. The molecule has 0 spiro atoms. The number of alkyl halides is 3. The molecular weight excluding hydrogens is 353 g/mol. The number of piperidine rings is 1. The first-order chi connectivity index (χ1) is 12.9. The average molecular weight is 376 g/mol. The minimum atomic E-state index is -4.31. The number of aromatic nitrogens is 2. The van der Waals surface area contributed by atoms with E-state index in [1.807, 2.05) is 13.0 Å². The number of halogens is 3. The molecule has 2 aliphatic heterocycles. The summed E-state index contributed by atoms with van der Waals surface area (Å²) < 4.78 is 40.0. The molecular formula is C20H23F3N4. The van der Waals surface area contributed by atoms with Crippen molar-refractivity contribution in [1.29, 1.82) is 0 Å². The zero-order chi connectivity index (χ0) is 19.0. The molecule has 2 aliphatic rings. The molecule has 2 fully saturated rings. The van der Waals surface area contributed by atoms with Crippen LogP contribution in [-0.2, 0) is 12.7 Å². The Balaban J connectivity index is 1.53. The largest absolute Gasteiger partial charge is 0.416 e. The summed E-state index contributed by atoms with van der Waals surface area (Å²) in [6.07, 6.45) is -0.643. The van der Waals surface area contributed by atoms with Crippen molar-refractivity contribution in [1.82, 2.24) is 14.9 Å². The summed E-state index contributed by atoms with van der Waals surface area (Å²) >= 11 is 0. The number of aryl methyl sites for hydroxylation is 1. The van der Waals surface area contributed by atoms with E-state index in [0.717, 1.165) is 44.0 Å². The minimum Gasteiger partial charge on any atom is -0.355 e. The zero-order valence-electron chi connectivity index (χ0n) is 15.3. The van der Waals surface area contributed by atoms with Crippen LogP contribution in [0.3, 0.4) is 0 Å². The SMILES string of the molecule is Cc1cc(N2CCC3CCN(Cc4ccccc4C(F)(F)F)C3C2)ncn1. The van der Waals surface area contributed by atoms with Crippen LogP contribution in [0.1, 0.15) is 29.7 Å². The van der Waals surface area contributed by atoms with E-state index >= 15 is 0 Å². The number of hydrogen-bond donors (Lipinski definition) is 0. The lowest BCUT2D eigenvalue weighted by molar-refractivity contribution is -0.138. The molecule has 3 heterocycles. The van der Waals surface area contributed by atoms with Crippen LogP contribution >= 0.6 is 0 Å². The monoisotopic (exact) mass is 376 g/mol. The van der Waals surface area contributed by atoms with Gasteiger partial charge in [0.25, 0.3) is 0 Å². The van der Waals surface area contributed by atoms with Gasteiger partial charge in [-0.2, -0.15) is 13.2 Å². The molecule has 4 rings (SSSR count). The van der Waals surface area contributed by atoms with Gasteiger partial charge in [0, 0.05) is 37.4 Å². The molecule has 7 heteroatoms. The maximum atomic E-state index is 13.3. The Morgan fingerprint density at radius 1 is 1.11 bits per heavy atom. The maximum absolute atomic E-state index is 13.3. The number of anilines is 1. The van der Waals surface area contributed by atoms with Crippen LogP contribution in [0.15, 0.2) is 36.7 Å². The van der Waals surface area contributed by atoms with E-state index in [4.69, 9.17) is 0 Å². The van der Waals surface area contributed by atoms with Gasteiger partial charge in [0.15, 0.2) is 0 Å². The fourth-order valence-electron chi connectivity index (χ4n) is 4.40. The lowest BCUT2D eigenvalue weighted by atomic mass is 9.92. The number of hydrogen-bond acceptors (Lipinski definition) is 4. The van der Waals surface area contributed by atoms with Crippen LogP contribution in [0.5, 0.6) is 0 Å². The Hall–Kier alpha value is -2.15. The Labute approximate surface area is 157 Å². The molecule has 1 aromatic heterocycles. The average Bonchev–Trinajstić information content (AvgIpc) is 3.03. The summed E-state index contributed by atoms with van der Waals surface area (Å²) in [7, 11) is 0. The van der Waals surface area contributed by atoms with Crippen LogP contribution < -0.4 is 4.90 Å². The third-order valence-corrected chi connectivity index (χ3v) is 5.79. The van der Waals surface area contributed by atoms with E-state index in [2.05, 4.69) is 19.8 Å². The standard InChI is InChI=1S/C20H23F3N4/c1-14-10-19(25-13-24-14)27-9-7-15-6-8-26(18(15)12-27)11-16-4-2-3-5-17(16)20(21,22)23/h2-5,10,13,15,18H,6-9,11-12H2,1H3. The molecule has 2 atom stereocenters. The van der Waals surface area contributed by atoms with E-state index in [1.165, 1.54) is 12.1 Å². The third-order valence-electron chi connectivity index (χ3n) is 5.79. The lowest BCUT2D eigenvalue weighted by Gasteiger charge is -2.39. The molecule has 27 heavy (non-hydrogen) atoms. The van der Waals surface area contributed by atoms with E-state index in [0.29, 0.717) is 18.0 Å². The Bertz CT molecular complexity index is 808. The first-order valence-electron chi connectivity index (χ1n) is 9.34. The highest BCUT2D eigenvalue weighted by Gasteiger charge is 2.40. The molecule has 144 valence electrons. The second-order valence-electron chi connectivity index (χ2n) is 7.49. The topological polar surface area (TPSA) is 32.3 Å². The van der Waals surface area contributed by atoms with Crippen LogP contribution in [0, 0.1) is 12.8 Å². The lowest BCUT2D eigenvalue weighted by Crippen LogP contribution is -2.48. The van der Waals surface area contributed by atoms with Crippen molar-refractivity contribution in [3.8, 4) is 0 Å². The van der Waals surface area contributed by atoms with Gasteiger partial charge in [0.2, 0.25) is 0 Å². The van der Waals surface area contributed by atoms with Gasteiger partial charge in [0.05, 0.1) is 5.56 Å². The van der Waals surface area contributed by atoms with Crippen molar-refractivity contribution in [2.45, 2.75) is 38.5 Å². The van der Waals surface area contributed by atoms with Crippen molar-refractivity contribution in [3.05, 3.63) is 53.5 Å². The Morgan fingerprint density at radius 2 is 1.89 bits per heavy atom. The van der Waals surface area contributed by atoms with Gasteiger partial charge in [0.1, 0.15) is 12.1 Å². The summed E-state index contributed by atoms with van der Waals surface area (Å²) in [5.74, 6) is 1.45. The molecule has 2 aromatic rings. The van der Waals surface area contributed by atoms with Crippen molar-refractivity contribution in [3.63, 3.8) is 0 Å². The molecule has 4 nitrogen and oxygen atoms in total. The van der Waals surface area contributed by atoms with Gasteiger partial charge in [-0.1, -0.05) is 18.2 Å². The number of rotatable bonds is 3. The van der Waals surface area contributed by atoms with E-state index in [1.54, 1.807) is 18.5 Å². The molecule has 1 aromatic carbocycles. The quantitative estimate of drug-likeness (QED) is 0.813. The predicted molar refractivity (Wildman–Crippen MR) is 97.3 cm³/mol. The first kappa shape index (κ1) is 18.2. The first-order valence-corrected chi connectivity index (χ1v) is 9.34. The summed E-state index contributed by atoms with van der Waals surface area (Å²) in [6.45, 7) is 4.86. The molecule has 0 radical (unpaired) electrons. The van der Waals surface area contributed by atoms with E-state index in [9.17, 15) is 13.2 Å². The van der Waals surface area contributed by atoms with E-state index in [-0.39, 0.29) is 6.04 Å². The highest BCUT2D eigenvalue weighted by molar-refractivity contribution is 5.40. The summed E-state index contributed by atoms with van der Waals surface area (Å²) in [6, 6.07) is 8.16. The highest BCUT2D eigenvalue weighted by atomic mass is 19.4. The Kier molecular flexibility index (Phi) is 4.80. The fraction of sp³-hybridized carbons (Fsp3) is 0.500. The van der Waals surface area contributed by atoms with Gasteiger partial charge in [-0.05, 0) is 43.9 Å². The summed E-state index contributed by atoms with van der Waals surface area (Å²) in [5, 5.41) is 0. The third kappa shape index (κ3) is 3.78. The van der Waals surface area contributed by atoms with Gasteiger partial charge < -0.3 is 4.90 Å². The molecule has 2 unspecified atom stereocenters. The Morgan fingerprint density at radius 3 is 2.67 bits per heavy atom. The zero-order valence-corrected chi connectivity index (χ0v) is 15.3. The van der Waals surface area contributed by atoms with Crippen molar-refractivity contribution < 1.29 is 13.2 Å². The smallest absolute Gasteiger partial charge is 0.355 e. The van der Waals surface area contributed by atoms with Crippen molar-refractivity contribution in [2.75, 3.05) is 24.5 Å². The number of nitrogens with zero attached hydrogens (tertiary/aromatic N) is 4. The minimum absolute atomic E-state index is 0.260. The summed E-state index contributed by atoms with van der Waals surface area (Å²) in [5.41, 5.74) is 0.762. The number of benzene rings is 1. The van der Waals surface area contributed by atoms with E-state index < -0.39 is 11.7 Å². The van der Waals surface area contributed by atoms with Crippen LogP contribution in [0.4, 0.5) is 19.0 Å². The number of likely N-dealkylation sites (tertiary alicyclic amines) is 1. The van der Waals surface area contributed by atoms with Crippen LogP contribution in [-0.4, -0.2) is 40.5 Å². The second-order valence-corrected chi connectivity index (χ2v) is 7.49. The molecule has 0 saturated carbocycles. The molecule has 0 N–H and O–H groups in total. The van der Waals surface area contributed by atoms with Gasteiger partial charge >= 0.3 is 6.18 Å². The van der Waals surface area contributed by atoms with Crippen molar-refractivity contribution >= 4 is 5.82 Å². The van der Waals surface area contributed by atoms with Crippen LogP contribution in [0.25, 0.3) is 0 Å². The summed E-state index contributed by atoms with van der Waals surface area (Å²) in [4.78, 5) is 13.0. The molecule has 2 saturated heterocycles. The second kappa shape index (κ2) is 7.11. The highest BCUT2D eigenvalue weighted by Crippen LogP contribution is 2.37. The normalized spacial score (nSPS) is 23.5. The van der Waals surface area contributed by atoms with Crippen LogP contribution in [0.2, 0.25) is 0 Å². The molecule has 0 bridgehead atoms. The van der Waals surface area contributed by atoms with Gasteiger partial charge in [-0.15, -0.1) is 0 Å². The molecule has 0 amide bonds. The van der Waals surface area contributed by atoms with Gasteiger partial charge in [-0.25, -0.2) is 9.97 Å². The number of fused-ring (bicyclic) bond motifs is 1. The van der Waals surface area contributed by atoms with Crippen molar-refractivity contribution in [2.24, 2.45) is 5.92 Å². The van der Waals surface area contributed by atoms with Gasteiger partial charge in [-0.3, -0.25) is 4.90 Å². The molecule has 0 aliphatic carbocycles. The predicted octanol–water partition coefficient (Wildman–Crippen LogP) is 3.90. The fourth-order valence-corrected chi connectivity index (χ4v) is 4.40.